The Balaban J connectivity index is 2.19. The third kappa shape index (κ3) is 4.13. The normalized spacial score (nSPS) is 10.5. The van der Waals surface area contributed by atoms with E-state index in [-0.39, 0.29) is 11.3 Å². The lowest BCUT2D eigenvalue weighted by molar-refractivity contribution is 0.0697. The Hall–Kier alpha value is -3.28. The van der Waals surface area contributed by atoms with Crippen molar-refractivity contribution in [3.63, 3.8) is 0 Å². The quantitative estimate of drug-likeness (QED) is 0.413. The molecule has 0 atom stereocenters. The van der Waals surface area contributed by atoms with Crippen LogP contribution in [0, 0.1) is 0 Å². The summed E-state index contributed by atoms with van der Waals surface area (Å²) < 4.78 is 5.15. The molecular formula is C18H18N2O4. The maximum atomic E-state index is 10.9. The van der Waals surface area contributed by atoms with E-state index in [0.29, 0.717) is 23.4 Å². The molecule has 0 aliphatic heterocycles. The molecule has 3 N–H and O–H groups in total. The van der Waals surface area contributed by atoms with Crippen LogP contribution in [0.4, 0.5) is 5.69 Å². The lowest BCUT2D eigenvalue weighted by Crippen LogP contribution is -1.98. The Morgan fingerprint density at radius 1 is 1.38 bits per heavy atom. The van der Waals surface area contributed by atoms with Gasteiger partial charge in [0.1, 0.15) is 0 Å². The van der Waals surface area contributed by atoms with Crippen LogP contribution in [-0.2, 0) is 6.42 Å². The summed E-state index contributed by atoms with van der Waals surface area (Å²) in [6, 6.07) is 9.76. The average molecular weight is 326 g/mol. The molecule has 0 heterocycles. The number of carboxylic acid groups (broad SMARTS) is 1. The zero-order chi connectivity index (χ0) is 17.5. The van der Waals surface area contributed by atoms with Crippen molar-refractivity contribution < 1.29 is 19.7 Å². The Morgan fingerprint density at radius 3 is 2.83 bits per heavy atom. The van der Waals surface area contributed by atoms with Gasteiger partial charge in [0.15, 0.2) is 11.5 Å². The van der Waals surface area contributed by atoms with Gasteiger partial charge >= 0.3 is 5.97 Å². The van der Waals surface area contributed by atoms with E-state index in [1.807, 2.05) is 0 Å². The van der Waals surface area contributed by atoms with E-state index in [9.17, 15) is 9.90 Å². The number of rotatable bonds is 7. The minimum absolute atomic E-state index is 0.0802. The molecule has 0 bridgehead atoms. The van der Waals surface area contributed by atoms with E-state index in [2.05, 4.69) is 17.1 Å². The summed E-state index contributed by atoms with van der Waals surface area (Å²) in [7, 11) is 1.48. The topological polar surface area (TPSA) is 91.2 Å². The van der Waals surface area contributed by atoms with Crippen LogP contribution in [0.2, 0.25) is 0 Å². The molecule has 0 amide bonds. The second-order valence-corrected chi connectivity index (χ2v) is 4.98. The van der Waals surface area contributed by atoms with Crippen molar-refractivity contribution >= 4 is 17.9 Å². The van der Waals surface area contributed by atoms with Crippen molar-refractivity contribution in [2.24, 2.45) is 5.10 Å². The first kappa shape index (κ1) is 17.1. The second kappa shape index (κ2) is 7.82. The van der Waals surface area contributed by atoms with Crippen molar-refractivity contribution in [1.82, 2.24) is 0 Å². The van der Waals surface area contributed by atoms with Gasteiger partial charge < -0.3 is 14.9 Å². The summed E-state index contributed by atoms with van der Waals surface area (Å²) in [5, 5.41) is 23.1. The van der Waals surface area contributed by atoms with Crippen LogP contribution >= 0.6 is 0 Å². The number of nitrogens with one attached hydrogen (secondary N) is 1. The molecule has 0 saturated heterocycles. The van der Waals surface area contributed by atoms with Gasteiger partial charge in [-0.25, -0.2) is 4.79 Å². The first-order valence-electron chi connectivity index (χ1n) is 7.18. The molecule has 0 saturated carbocycles. The molecule has 24 heavy (non-hydrogen) atoms. The third-order valence-corrected chi connectivity index (χ3v) is 3.28. The molecule has 6 heteroatoms. The predicted molar refractivity (Wildman–Crippen MR) is 93.2 cm³/mol. The summed E-state index contributed by atoms with van der Waals surface area (Å²) in [6.45, 7) is 3.66. The van der Waals surface area contributed by atoms with Gasteiger partial charge in [-0.15, -0.1) is 6.58 Å². The van der Waals surface area contributed by atoms with Crippen molar-refractivity contribution in [2.75, 3.05) is 12.5 Å². The number of nitrogens with zero attached hydrogens (tertiary/aromatic N) is 1. The number of ether oxygens (including phenoxy) is 1. The molecule has 6 nitrogen and oxygen atoms in total. The average Bonchev–Trinajstić information content (AvgIpc) is 2.58. The van der Waals surface area contributed by atoms with Crippen LogP contribution in [0.1, 0.15) is 21.5 Å². The van der Waals surface area contributed by atoms with Gasteiger partial charge in [0, 0.05) is 5.56 Å². The Morgan fingerprint density at radius 2 is 2.17 bits per heavy atom. The third-order valence-electron chi connectivity index (χ3n) is 3.28. The number of methoxy groups -OCH3 is 1. The molecule has 0 aromatic heterocycles. The number of hydrazone groups is 1. The highest BCUT2D eigenvalue weighted by Gasteiger charge is 2.09. The van der Waals surface area contributed by atoms with Crippen LogP contribution in [0.15, 0.2) is 54.2 Å². The molecule has 0 unspecified atom stereocenters. The number of aromatic carboxylic acids is 1. The summed E-state index contributed by atoms with van der Waals surface area (Å²) >= 11 is 0. The highest BCUT2D eigenvalue weighted by Crippen LogP contribution is 2.31. The molecule has 2 aromatic carbocycles. The van der Waals surface area contributed by atoms with Gasteiger partial charge in [-0.05, 0) is 42.3 Å². The number of aromatic hydroxyl groups is 1. The number of benzene rings is 2. The van der Waals surface area contributed by atoms with Gasteiger partial charge in [-0.1, -0.05) is 12.1 Å². The summed E-state index contributed by atoms with van der Waals surface area (Å²) in [5.41, 5.74) is 4.91. The van der Waals surface area contributed by atoms with Gasteiger partial charge in [-0.3, -0.25) is 5.43 Å². The molecule has 2 aromatic rings. The maximum Gasteiger partial charge on any atom is 0.335 e. The number of allylic oxidation sites excluding steroid dienone is 1. The van der Waals surface area contributed by atoms with Crippen molar-refractivity contribution in [3.8, 4) is 11.5 Å². The SMILES string of the molecule is C=CCc1cc(C=NNc2cccc(C(=O)O)c2)cc(OC)c1O. The van der Waals surface area contributed by atoms with Crippen LogP contribution in [-0.4, -0.2) is 29.5 Å². The molecule has 2 rings (SSSR count). The van der Waals surface area contributed by atoms with E-state index in [1.54, 1.807) is 36.6 Å². The van der Waals surface area contributed by atoms with E-state index in [1.165, 1.54) is 19.2 Å². The smallest absolute Gasteiger partial charge is 0.335 e. The van der Waals surface area contributed by atoms with Crippen molar-refractivity contribution in [1.29, 1.82) is 0 Å². The number of anilines is 1. The number of phenols is 1. The van der Waals surface area contributed by atoms with Crippen LogP contribution in [0.25, 0.3) is 0 Å². The number of hydrogen-bond acceptors (Lipinski definition) is 5. The summed E-state index contributed by atoms with van der Waals surface area (Å²) in [5.74, 6) is -0.569. The van der Waals surface area contributed by atoms with Gasteiger partial charge in [0.25, 0.3) is 0 Å². The second-order valence-electron chi connectivity index (χ2n) is 4.98. The molecule has 0 aliphatic carbocycles. The molecule has 124 valence electrons. The van der Waals surface area contributed by atoms with E-state index >= 15 is 0 Å². The van der Waals surface area contributed by atoms with E-state index in [0.717, 1.165) is 5.56 Å². The first-order valence-corrected chi connectivity index (χ1v) is 7.18. The van der Waals surface area contributed by atoms with E-state index in [4.69, 9.17) is 9.84 Å². The summed E-state index contributed by atoms with van der Waals surface area (Å²) in [6.07, 6.45) is 3.74. The predicted octanol–water partition coefficient (Wildman–Crippen LogP) is 3.27. The first-order chi connectivity index (χ1) is 11.5. The maximum absolute atomic E-state index is 10.9. The van der Waals surface area contributed by atoms with Gasteiger partial charge in [0.2, 0.25) is 0 Å². The molecular weight excluding hydrogens is 308 g/mol. The number of carboxylic acids is 1. The Labute approximate surface area is 139 Å². The number of hydrogen-bond donors (Lipinski definition) is 3. The molecule has 0 radical (unpaired) electrons. The van der Waals surface area contributed by atoms with Gasteiger partial charge in [-0.2, -0.15) is 5.10 Å². The standard InChI is InChI=1S/C18H18N2O4/c1-3-5-13-8-12(9-16(24-2)17(13)21)11-19-20-15-7-4-6-14(10-15)18(22)23/h3-4,6-11,20-21H,1,5H2,2H3,(H,22,23). The van der Waals surface area contributed by atoms with Gasteiger partial charge in [0.05, 0.1) is 24.6 Å². The molecule has 0 spiro atoms. The zero-order valence-electron chi connectivity index (χ0n) is 13.2. The van der Waals surface area contributed by atoms with Crippen molar-refractivity contribution in [2.45, 2.75) is 6.42 Å². The lowest BCUT2D eigenvalue weighted by Gasteiger charge is -2.09. The monoisotopic (exact) mass is 326 g/mol. The van der Waals surface area contributed by atoms with Crippen LogP contribution < -0.4 is 10.2 Å². The highest BCUT2D eigenvalue weighted by molar-refractivity contribution is 5.89. The largest absolute Gasteiger partial charge is 0.504 e. The van der Waals surface area contributed by atoms with E-state index < -0.39 is 5.97 Å². The fraction of sp³-hybridized carbons (Fsp3) is 0.111. The fourth-order valence-electron chi connectivity index (χ4n) is 2.13. The minimum atomic E-state index is -1.00. The zero-order valence-corrected chi connectivity index (χ0v) is 13.2. The van der Waals surface area contributed by atoms with Crippen LogP contribution in [0.3, 0.4) is 0 Å². The van der Waals surface area contributed by atoms with Crippen LogP contribution in [0.5, 0.6) is 11.5 Å². The lowest BCUT2D eigenvalue weighted by atomic mass is 10.1. The minimum Gasteiger partial charge on any atom is -0.504 e. The Bertz CT molecular complexity index is 785. The number of carbonyl (C=O) groups is 1. The highest BCUT2D eigenvalue weighted by atomic mass is 16.5. The molecule has 0 fully saturated rings. The van der Waals surface area contributed by atoms with Crippen molar-refractivity contribution in [3.05, 3.63) is 65.7 Å². The summed E-state index contributed by atoms with van der Waals surface area (Å²) in [4.78, 5) is 10.9. The Kier molecular flexibility index (Phi) is 5.57. The molecule has 0 aliphatic rings. The fourth-order valence-corrected chi connectivity index (χ4v) is 2.13. The number of phenolic OH excluding ortho intramolecular Hbond substituents is 1.